The fourth-order valence-corrected chi connectivity index (χ4v) is 2.13. The van der Waals surface area contributed by atoms with Gasteiger partial charge in [-0.2, -0.15) is 0 Å². The van der Waals surface area contributed by atoms with Gasteiger partial charge in [-0.25, -0.2) is 4.39 Å². The van der Waals surface area contributed by atoms with Crippen molar-refractivity contribution in [2.24, 2.45) is 0 Å². The molecule has 0 aliphatic carbocycles. The van der Waals surface area contributed by atoms with Gasteiger partial charge in [0.15, 0.2) is 12.9 Å². The lowest BCUT2D eigenvalue weighted by atomic mass is 10.2. The minimum Gasteiger partial charge on any atom is -0.497 e. The van der Waals surface area contributed by atoms with E-state index < -0.39 is 11.7 Å². The topological polar surface area (TPSA) is 64.6 Å². The van der Waals surface area contributed by atoms with Crippen LogP contribution in [0.15, 0.2) is 40.9 Å². The molecule has 0 aliphatic rings. The molecule has 0 aliphatic heterocycles. The number of nitrogens with one attached hydrogen (secondary N) is 1. The highest BCUT2D eigenvalue weighted by molar-refractivity contribution is 9.10. The molecule has 2 aromatic rings. The van der Waals surface area contributed by atoms with Crippen LogP contribution in [0.2, 0.25) is 0 Å². The largest absolute Gasteiger partial charge is 0.497 e. The maximum Gasteiger partial charge on any atom is 0.262 e. The quantitative estimate of drug-likeness (QED) is 0.778. The van der Waals surface area contributed by atoms with Gasteiger partial charge in [-0.1, -0.05) is 15.9 Å². The van der Waals surface area contributed by atoms with E-state index in [1.807, 2.05) is 0 Å². The number of carbonyl (C=O) groups excluding carboxylic acids is 2. The van der Waals surface area contributed by atoms with Crippen LogP contribution < -0.4 is 14.8 Å². The third-order valence-corrected chi connectivity index (χ3v) is 3.40. The monoisotopic (exact) mass is 381 g/mol. The first-order chi connectivity index (χ1) is 11.0. The van der Waals surface area contributed by atoms with Gasteiger partial charge in [-0.3, -0.25) is 9.59 Å². The molecule has 7 heteroatoms. The highest BCUT2D eigenvalue weighted by Crippen LogP contribution is 2.23. The van der Waals surface area contributed by atoms with Gasteiger partial charge in [-0.05, 0) is 36.4 Å². The molecule has 1 amide bonds. The average Bonchev–Trinajstić information content (AvgIpc) is 2.55. The van der Waals surface area contributed by atoms with Gasteiger partial charge in [0.05, 0.1) is 18.4 Å². The normalized spacial score (nSPS) is 10.0. The predicted octanol–water partition coefficient (Wildman–Crippen LogP) is 3.43. The highest BCUT2D eigenvalue weighted by Gasteiger charge is 2.10. The summed E-state index contributed by atoms with van der Waals surface area (Å²) in [6.07, 6.45) is 0.601. The van der Waals surface area contributed by atoms with E-state index in [0.29, 0.717) is 16.5 Å². The zero-order chi connectivity index (χ0) is 16.8. The van der Waals surface area contributed by atoms with Gasteiger partial charge in [0.25, 0.3) is 5.91 Å². The van der Waals surface area contributed by atoms with Crippen LogP contribution in [0.5, 0.6) is 11.5 Å². The first kappa shape index (κ1) is 17.0. The summed E-state index contributed by atoms with van der Waals surface area (Å²) in [6, 6.07) is 8.90. The Balaban J connectivity index is 2.00. The van der Waals surface area contributed by atoms with Gasteiger partial charge in [-0.15, -0.1) is 0 Å². The van der Waals surface area contributed by atoms with E-state index in [1.165, 1.54) is 31.4 Å². The SMILES string of the molecule is COc1ccc(OCC(=O)Nc2ccc(Br)cc2F)c(C=O)c1. The number of methoxy groups -OCH3 is 1. The summed E-state index contributed by atoms with van der Waals surface area (Å²) in [7, 11) is 1.48. The van der Waals surface area contributed by atoms with E-state index in [4.69, 9.17) is 9.47 Å². The van der Waals surface area contributed by atoms with E-state index in [0.717, 1.165) is 0 Å². The average molecular weight is 382 g/mol. The number of halogens is 2. The lowest BCUT2D eigenvalue weighted by molar-refractivity contribution is -0.118. The Morgan fingerprint density at radius 3 is 2.74 bits per heavy atom. The molecule has 5 nitrogen and oxygen atoms in total. The Bertz CT molecular complexity index is 736. The predicted molar refractivity (Wildman–Crippen MR) is 86.6 cm³/mol. The van der Waals surface area contributed by atoms with Crippen molar-refractivity contribution in [2.45, 2.75) is 0 Å². The third-order valence-electron chi connectivity index (χ3n) is 2.91. The molecule has 0 saturated carbocycles. The summed E-state index contributed by atoms with van der Waals surface area (Å²) in [5, 5.41) is 2.39. The molecular formula is C16H13BrFNO4. The highest BCUT2D eigenvalue weighted by atomic mass is 79.9. The number of anilines is 1. The minimum absolute atomic E-state index is 0.0483. The van der Waals surface area contributed by atoms with E-state index in [1.54, 1.807) is 12.1 Å². The van der Waals surface area contributed by atoms with Crippen LogP contribution in [-0.2, 0) is 4.79 Å². The van der Waals surface area contributed by atoms with Crippen molar-refractivity contribution in [2.75, 3.05) is 19.0 Å². The van der Waals surface area contributed by atoms with Crippen LogP contribution in [0.3, 0.4) is 0 Å². The summed E-state index contributed by atoms with van der Waals surface area (Å²) in [5.74, 6) is -0.363. The molecule has 2 rings (SSSR count). The molecule has 0 bridgehead atoms. The number of carbonyl (C=O) groups is 2. The smallest absolute Gasteiger partial charge is 0.262 e. The van der Waals surface area contributed by atoms with E-state index in [-0.39, 0.29) is 23.6 Å². The van der Waals surface area contributed by atoms with Crippen molar-refractivity contribution >= 4 is 33.8 Å². The molecule has 23 heavy (non-hydrogen) atoms. The van der Waals surface area contributed by atoms with Crippen LogP contribution in [-0.4, -0.2) is 25.9 Å². The summed E-state index contributed by atoms with van der Waals surface area (Å²) >= 11 is 3.13. The minimum atomic E-state index is -0.564. The Hall–Kier alpha value is -2.41. The molecule has 0 atom stereocenters. The number of amides is 1. The standard InChI is InChI=1S/C16H13BrFNO4/c1-22-12-3-5-15(10(6-12)8-20)23-9-16(21)19-14-4-2-11(17)7-13(14)18/h2-8H,9H2,1H3,(H,19,21). The van der Waals surface area contributed by atoms with Crippen molar-refractivity contribution < 1.29 is 23.5 Å². The zero-order valence-corrected chi connectivity index (χ0v) is 13.7. The lowest BCUT2D eigenvalue weighted by Gasteiger charge is -2.10. The third kappa shape index (κ3) is 4.53. The molecule has 1 N–H and O–H groups in total. The van der Waals surface area contributed by atoms with Crippen LogP contribution in [0.4, 0.5) is 10.1 Å². The zero-order valence-electron chi connectivity index (χ0n) is 12.1. The van der Waals surface area contributed by atoms with Crippen molar-refractivity contribution in [1.82, 2.24) is 0 Å². The van der Waals surface area contributed by atoms with Crippen LogP contribution in [0.25, 0.3) is 0 Å². The molecule has 0 saturated heterocycles. The molecule has 0 unspecified atom stereocenters. The van der Waals surface area contributed by atoms with Crippen LogP contribution in [0, 0.1) is 5.82 Å². The van der Waals surface area contributed by atoms with Crippen molar-refractivity contribution in [3.63, 3.8) is 0 Å². The Labute approximate surface area is 140 Å². The number of hydrogen-bond acceptors (Lipinski definition) is 4. The van der Waals surface area contributed by atoms with E-state index >= 15 is 0 Å². The maximum absolute atomic E-state index is 13.6. The Morgan fingerprint density at radius 2 is 2.09 bits per heavy atom. The number of ether oxygens (including phenoxy) is 2. The van der Waals surface area contributed by atoms with Crippen LogP contribution >= 0.6 is 15.9 Å². The number of aldehydes is 1. The molecule has 0 aromatic heterocycles. The molecule has 2 aromatic carbocycles. The van der Waals surface area contributed by atoms with Crippen LogP contribution in [0.1, 0.15) is 10.4 Å². The van der Waals surface area contributed by atoms with Gasteiger partial charge in [0.2, 0.25) is 0 Å². The van der Waals surface area contributed by atoms with Gasteiger partial charge >= 0.3 is 0 Å². The molecular weight excluding hydrogens is 369 g/mol. The van der Waals surface area contributed by atoms with Crippen molar-refractivity contribution in [3.05, 3.63) is 52.3 Å². The fourth-order valence-electron chi connectivity index (χ4n) is 1.80. The summed E-state index contributed by atoms with van der Waals surface area (Å²) < 4.78 is 24.5. The molecule has 0 spiro atoms. The van der Waals surface area contributed by atoms with Gasteiger partial charge in [0, 0.05) is 4.47 Å². The number of hydrogen-bond donors (Lipinski definition) is 1. The first-order valence-corrected chi connectivity index (χ1v) is 7.33. The molecule has 0 radical (unpaired) electrons. The second-order valence-corrected chi connectivity index (χ2v) is 5.40. The lowest BCUT2D eigenvalue weighted by Crippen LogP contribution is -2.21. The summed E-state index contributed by atoms with van der Waals surface area (Å²) in [6.45, 7) is -0.358. The van der Waals surface area contributed by atoms with E-state index in [9.17, 15) is 14.0 Å². The molecule has 0 fully saturated rings. The van der Waals surface area contributed by atoms with Gasteiger partial charge in [0.1, 0.15) is 17.3 Å². The first-order valence-electron chi connectivity index (χ1n) is 6.54. The Kier molecular flexibility index (Phi) is 5.70. The van der Waals surface area contributed by atoms with E-state index in [2.05, 4.69) is 21.2 Å². The molecule has 120 valence electrons. The maximum atomic E-state index is 13.6. The van der Waals surface area contributed by atoms with Gasteiger partial charge < -0.3 is 14.8 Å². The summed E-state index contributed by atoms with van der Waals surface area (Å²) in [4.78, 5) is 22.8. The molecule has 0 heterocycles. The number of benzene rings is 2. The van der Waals surface area contributed by atoms with Crippen molar-refractivity contribution in [3.8, 4) is 11.5 Å². The second-order valence-electron chi connectivity index (χ2n) is 4.48. The van der Waals surface area contributed by atoms with Crippen molar-refractivity contribution in [1.29, 1.82) is 0 Å². The number of rotatable bonds is 6. The second kappa shape index (κ2) is 7.73. The Morgan fingerprint density at radius 1 is 1.30 bits per heavy atom. The summed E-state index contributed by atoms with van der Waals surface area (Å²) in [5.41, 5.74) is 0.305. The fraction of sp³-hybridized carbons (Fsp3) is 0.125.